The molecule has 13 heavy (non-hydrogen) atoms. The van der Waals surface area contributed by atoms with Gasteiger partial charge >= 0.3 is 0 Å². The highest BCUT2D eigenvalue weighted by molar-refractivity contribution is 7.20. The van der Waals surface area contributed by atoms with Crippen molar-refractivity contribution < 1.29 is 0 Å². The molecule has 2 N–H and O–H groups in total. The molecule has 0 aromatic carbocycles. The lowest BCUT2D eigenvalue weighted by Gasteiger charge is -1.88. The maximum Gasteiger partial charge on any atom is 0.135 e. The third kappa shape index (κ3) is 1.63. The van der Waals surface area contributed by atoms with E-state index in [0.717, 1.165) is 20.6 Å². The summed E-state index contributed by atoms with van der Waals surface area (Å²) in [6.45, 7) is 2.50. The zero-order valence-corrected chi connectivity index (χ0v) is 8.78. The molecule has 0 unspecified atom stereocenters. The Bertz CT molecular complexity index is 391. The van der Waals surface area contributed by atoms with Crippen molar-refractivity contribution in [2.45, 2.75) is 13.5 Å². The van der Waals surface area contributed by atoms with Crippen LogP contribution in [-0.4, -0.2) is 9.97 Å². The first-order valence-corrected chi connectivity index (χ1v) is 5.57. The van der Waals surface area contributed by atoms with Crippen molar-refractivity contribution in [3.8, 4) is 9.88 Å². The molecule has 0 radical (unpaired) electrons. The van der Waals surface area contributed by atoms with Crippen molar-refractivity contribution in [1.82, 2.24) is 9.97 Å². The van der Waals surface area contributed by atoms with Crippen LogP contribution in [0, 0.1) is 6.92 Å². The number of thiazole rings is 2. The predicted octanol–water partition coefficient (Wildman–Crippen LogP) is 2.03. The Morgan fingerprint density at radius 3 is 2.92 bits per heavy atom. The van der Waals surface area contributed by atoms with Gasteiger partial charge in [0.25, 0.3) is 0 Å². The van der Waals surface area contributed by atoms with Gasteiger partial charge in [0, 0.05) is 18.1 Å². The van der Waals surface area contributed by atoms with E-state index in [1.54, 1.807) is 28.9 Å². The number of rotatable bonds is 2. The molecule has 2 aromatic rings. The van der Waals surface area contributed by atoms with Crippen LogP contribution >= 0.6 is 22.7 Å². The normalized spacial score (nSPS) is 10.6. The highest BCUT2D eigenvalue weighted by Gasteiger charge is 2.10. The summed E-state index contributed by atoms with van der Waals surface area (Å²) in [5, 5.41) is 3.98. The second-order valence-corrected chi connectivity index (χ2v) is 4.54. The summed E-state index contributed by atoms with van der Waals surface area (Å²) in [6.07, 6.45) is 1.81. The molecule has 0 saturated heterocycles. The molecule has 0 spiro atoms. The average Bonchev–Trinajstić information content (AvgIpc) is 2.72. The molecule has 5 heteroatoms. The predicted molar refractivity (Wildman–Crippen MR) is 55.9 cm³/mol. The topological polar surface area (TPSA) is 51.8 Å². The summed E-state index contributed by atoms with van der Waals surface area (Å²) in [5.41, 5.74) is 6.54. The average molecular weight is 211 g/mol. The molecule has 2 aromatic heterocycles. The number of hydrogen-bond acceptors (Lipinski definition) is 5. The lowest BCUT2D eigenvalue weighted by molar-refractivity contribution is 1.02. The van der Waals surface area contributed by atoms with Crippen LogP contribution in [0.15, 0.2) is 11.6 Å². The smallest absolute Gasteiger partial charge is 0.135 e. The number of aromatic nitrogens is 2. The summed E-state index contributed by atoms with van der Waals surface area (Å²) in [6, 6.07) is 0. The Kier molecular flexibility index (Phi) is 2.39. The van der Waals surface area contributed by atoms with Gasteiger partial charge < -0.3 is 5.73 Å². The molecule has 2 rings (SSSR count). The van der Waals surface area contributed by atoms with Gasteiger partial charge in [-0.15, -0.1) is 22.7 Å². The van der Waals surface area contributed by atoms with Crippen LogP contribution in [0.3, 0.4) is 0 Å². The molecule has 68 valence electrons. The molecule has 2 heterocycles. The van der Waals surface area contributed by atoms with Crippen LogP contribution in [-0.2, 0) is 6.54 Å². The minimum absolute atomic E-state index is 0.511. The number of aryl methyl sites for hydroxylation is 1. The Morgan fingerprint density at radius 1 is 1.54 bits per heavy atom. The zero-order chi connectivity index (χ0) is 9.26. The maximum absolute atomic E-state index is 5.52. The quantitative estimate of drug-likeness (QED) is 0.827. The molecule has 0 bridgehead atoms. The fourth-order valence-electron chi connectivity index (χ4n) is 1.07. The van der Waals surface area contributed by atoms with E-state index in [1.165, 1.54) is 0 Å². The second kappa shape index (κ2) is 3.53. The van der Waals surface area contributed by atoms with Gasteiger partial charge in [-0.05, 0) is 6.92 Å². The van der Waals surface area contributed by atoms with Crippen LogP contribution in [0.5, 0.6) is 0 Å². The van der Waals surface area contributed by atoms with Gasteiger partial charge in [0.05, 0.1) is 10.6 Å². The van der Waals surface area contributed by atoms with Gasteiger partial charge in [0.1, 0.15) is 10.0 Å². The second-order valence-electron chi connectivity index (χ2n) is 2.56. The first-order valence-electron chi connectivity index (χ1n) is 3.87. The van der Waals surface area contributed by atoms with E-state index in [2.05, 4.69) is 9.97 Å². The van der Waals surface area contributed by atoms with Crippen molar-refractivity contribution in [2.24, 2.45) is 5.73 Å². The summed E-state index contributed by atoms with van der Waals surface area (Å²) in [5.74, 6) is 0. The minimum atomic E-state index is 0.511. The molecule has 0 atom stereocenters. The fourth-order valence-corrected chi connectivity index (χ4v) is 2.80. The monoisotopic (exact) mass is 211 g/mol. The summed E-state index contributed by atoms with van der Waals surface area (Å²) in [4.78, 5) is 9.74. The SMILES string of the molecule is Cc1nc(CN)sc1-c1nccs1. The molecule has 0 saturated carbocycles. The van der Waals surface area contributed by atoms with Crippen LogP contribution in [0.25, 0.3) is 9.88 Å². The van der Waals surface area contributed by atoms with Crippen LogP contribution in [0.4, 0.5) is 0 Å². The van der Waals surface area contributed by atoms with E-state index in [1.807, 2.05) is 12.3 Å². The summed E-state index contributed by atoms with van der Waals surface area (Å²) < 4.78 is 0. The van der Waals surface area contributed by atoms with E-state index in [4.69, 9.17) is 5.73 Å². The van der Waals surface area contributed by atoms with E-state index < -0.39 is 0 Å². The van der Waals surface area contributed by atoms with Gasteiger partial charge in [-0.25, -0.2) is 9.97 Å². The lowest BCUT2D eigenvalue weighted by atomic mass is 10.4. The Labute approximate surface area is 84.3 Å². The molecule has 0 fully saturated rings. The highest BCUT2D eigenvalue weighted by atomic mass is 32.1. The van der Waals surface area contributed by atoms with Crippen LogP contribution < -0.4 is 5.73 Å². The van der Waals surface area contributed by atoms with Gasteiger partial charge in [-0.3, -0.25) is 0 Å². The molecule has 0 aliphatic carbocycles. The Balaban J connectivity index is 2.46. The molecule has 0 aliphatic heterocycles. The fraction of sp³-hybridized carbons (Fsp3) is 0.250. The van der Waals surface area contributed by atoms with Gasteiger partial charge in [0.15, 0.2) is 0 Å². The largest absolute Gasteiger partial charge is 0.325 e. The van der Waals surface area contributed by atoms with Gasteiger partial charge in [0.2, 0.25) is 0 Å². The highest BCUT2D eigenvalue weighted by Crippen LogP contribution is 2.30. The van der Waals surface area contributed by atoms with Crippen molar-refractivity contribution in [2.75, 3.05) is 0 Å². The van der Waals surface area contributed by atoms with Crippen LogP contribution in [0.2, 0.25) is 0 Å². The van der Waals surface area contributed by atoms with E-state index in [0.29, 0.717) is 6.54 Å². The number of hydrogen-bond donors (Lipinski definition) is 1. The minimum Gasteiger partial charge on any atom is -0.325 e. The summed E-state index contributed by atoms with van der Waals surface area (Å²) >= 11 is 3.26. The summed E-state index contributed by atoms with van der Waals surface area (Å²) in [7, 11) is 0. The maximum atomic E-state index is 5.52. The molecule has 0 aliphatic rings. The Hall–Kier alpha value is -0.780. The number of nitrogens with two attached hydrogens (primary N) is 1. The van der Waals surface area contributed by atoms with Crippen LogP contribution in [0.1, 0.15) is 10.7 Å². The van der Waals surface area contributed by atoms with Gasteiger partial charge in [-0.2, -0.15) is 0 Å². The molecule has 0 amide bonds. The van der Waals surface area contributed by atoms with E-state index in [9.17, 15) is 0 Å². The first kappa shape index (κ1) is 8.80. The number of nitrogens with zero attached hydrogens (tertiary/aromatic N) is 2. The van der Waals surface area contributed by atoms with E-state index >= 15 is 0 Å². The molecule has 3 nitrogen and oxygen atoms in total. The van der Waals surface area contributed by atoms with Crippen molar-refractivity contribution in [3.63, 3.8) is 0 Å². The standard InChI is InChI=1S/C8H9N3S2/c1-5-7(8-10-2-3-12-8)13-6(4-9)11-5/h2-3H,4,9H2,1H3. The van der Waals surface area contributed by atoms with Crippen molar-refractivity contribution >= 4 is 22.7 Å². The third-order valence-corrected chi connectivity index (χ3v) is 3.75. The van der Waals surface area contributed by atoms with Crippen molar-refractivity contribution in [1.29, 1.82) is 0 Å². The Morgan fingerprint density at radius 2 is 2.38 bits per heavy atom. The van der Waals surface area contributed by atoms with Crippen molar-refractivity contribution in [3.05, 3.63) is 22.3 Å². The first-order chi connectivity index (χ1) is 6.31. The molecular weight excluding hydrogens is 202 g/mol. The third-order valence-electron chi connectivity index (χ3n) is 1.64. The van der Waals surface area contributed by atoms with Gasteiger partial charge in [-0.1, -0.05) is 0 Å². The van der Waals surface area contributed by atoms with E-state index in [-0.39, 0.29) is 0 Å². The molecular formula is C8H9N3S2. The lowest BCUT2D eigenvalue weighted by Crippen LogP contribution is -1.94. The zero-order valence-electron chi connectivity index (χ0n) is 7.15.